The Labute approximate surface area is 109 Å². The molecule has 2 unspecified atom stereocenters. The SMILES string of the molecule is COc1cc(Br)ccc1C(=O)N1CC2CC2C1. The Morgan fingerprint density at radius 2 is 2.12 bits per heavy atom. The quantitative estimate of drug-likeness (QED) is 0.839. The molecule has 0 radical (unpaired) electrons. The highest BCUT2D eigenvalue weighted by Crippen LogP contribution is 2.45. The minimum absolute atomic E-state index is 0.0987. The van der Waals surface area contributed by atoms with Crippen LogP contribution in [0.3, 0.4) is 0 Å². The van der Waals surface area contributed by atoms with Gasteiger partial charge in [0.2, 0.25) is 0 Å². The summed E-state index contributed by atoms with van der Waals surface area (Å²) in [5, 5.41) is 0. The van der Waals surface area contributed by atoms with Gasteiger partial charge in [0, 0.05) is 17.6 Å². The van der Waals surface area contributed by atoms with E-state index in [0.717, 1.165) is 29.4 Å². The Morgan fingerprint density at radius 3 is 2.76 bits per heavy atom. The highest BCUT2D eigenvalue weighted by molar-refractivity contribution is 9.10. The minimum Gasteiger partial charge on any atom is -0.496 e. The second-order valence-electron chi connectivity index (χ2n) is 4.81. The topological polar surface area (TPSA) is 29.5 Å². The van der Waals surface area contributed by atoms with Gasteiger partial charge in [0.15, 0.2) is 0 Å². The first kappa shape index (κ1) is 11.1. The molecule has 17 heavy (non-hydrogen) atoms. The summed E-state index contributed by atoms with van der Waals surface area (Å²) in [5.41, 5.74) is 0.664. The molecule has 1 heterocycles. The molecule has 1 saturated carbocycles. The average molecular weight is 296 g/mol. The van der Waals surface area contributed by atoms with E-state index in [1.165, 1.54) is 6.42 Å². The summed E-state index contributed by atoms with van der Waals surface area (Å²) < 4.78 is 6.19. The lowest BCUT2D eigenvalue weighted by Crippen LogP contribution is -2.30. The molecule has 3 rings (SSSR count). The molecule has 2 aliphatic rings. The van der Waals surface area contributed by atoms with Crippen molar-refractivity contribution in [3.05, 3.63) is 28.2 Å². The summed E-state index contributed by atoms with van der Waals surface area (Å²) in [6.07, 6.45) is 1.31. The smallest absolute Gasteiger partial charge is 0.257 e. The number of benzene rings is 1. The lowest BCUT2D eigenvalue weighted by Gasteiger charge is -2.19. The fraction of sp³-hybridized carbons (Fsp3) is 0.462. The van der Waals surface area contributed by atoms with Crippen molar-refractivity contribution in [3.63, 3.8) is 0 Å². The van der Waals surface area contributed by atoms with Crippen molar-refractivity contribution in [1.82, 2.24) is 4.90 Å². The molecule has 2 fully saturated rings. The van der Waals surface area contributed by atoms with E-state index in [1.807, 2.05) is 23.1 Å². The molecule has 1 aromatic carbocycles. The third kappa shape index (κ3) is 1.95. The molecule has 1 aliphatic carbocycles. The van der Waals surface area contributed by atoms with Crippen LogP contribution in [0, 0.1) is 11.8 Å². The predicted octanol–water partition coefficient (Wildman–Crippen LogP) is 2.55. The molecule has 0 spiro atoms. The number of hydrogen-bond donors (Lipinski definition) is 0. The van der Waals surface area contributed by atoms with Gasteiger partial charge in [-0.25, -0.2) is 0 Å². The third-order valence-corrected chi connectivity index (χ3v) is 4.15. The van der Waals surface area contributed by atoms with Crippen LogP contribution in [-0.2, 0) is 0 Å². The molecule has 1 aromatic rings. The van der Waals surface area contributed by atoms with Crippen LogP contribution in [0.1, 0.15) is 16.8 Å². The number of hydrogen-bond acceptors (Lipinski definition) is 2. The number of rotatable bonds is 2. The van der Waals surface area contributed by atoms with Gasteiger partial charge < -0.3 is 9.64 Å². The number of nitrogens with zero attached hydrogens (tertiary/aromatic N) is 1. The molecule has 0 bridgehead atoms. The summed E-state index contributed by atoms with van der Waals surface area (Å²) in [4.78, 5) is 14.3. The van der Waals surface area contributed by atoms with E-state index in [4.69, 9.17) is 4.74 Å². The molecule has 2 atom stereocenters. The van der Waals surface area contributed by atoms with Crippen LogP contribution < -0.4 is 4.74 Å². The fourth-order valence-corrected chi connectivity index (χ4v) is 2.92. The lowest BCUT2D eigenvalue weighted by atomic mass is 10.1. The van der Waals surface area contributed by atoms with Crippen molar-refractivity contribution in [2.24, 2.45) is 11.8 Å². The maximum absolute atomic E-state index is 12.3. The lowest BCUT2D eigenvalue weighted by molar-refractivity contribution is 0.0772. The summed E-state index contributed by atoms with van der Waals surface area (Å²) in [5.74, 6) is 2.27. The summed E-state index contributed by atoms with van der Waals surface area (Å²) in [6.45, 7) is 1.84. The van der Waals surface area contributed by atoms with Crippen LogP contribution in [0.4, 0.5) is 0 Å². The third-order valence-electron chi connectivity index (χ3n) is 3.66. The summed E-state index contributed by atoms with van der Waals surface area (Å²) in [7, 11) is 1.60. The van der Waals surface area contributed by atoms with Crippen molar-refractivity contribution in [3.8, 4) is 5.75 Å². The van der Waals surface area contributed by atoms with Crippen LogP contribution in [0.25, 0.3) is 0 Å². The van der Waals surface area contributed by atoms with Crippen molar-refractivity contribution in [2.45, 2.75) is 6.42 Å². The normalized spacial score (nSPS) is 25.6. The maximum atomic E-state index is 12.3. The standard InChI is InChI=1S/C13H14BrNO2/c1-17-12-5-10(14)2-3-11(12)13(16)15-6-8-4-9(8)7-15/h2-3,5,8-9H,4,6-7H2,1H3. The number of amides is 1. The largest absolute Gasteiger partial charge is 0.496 e. The van der Waals surface area contributed by atoms with E-state index in [-0.39, 0.29) is 5.91 Å². The van der Waals surface area contributed by atoms with Gasteiger partial charge in [0.25, 0.3) is 5.91 Å². The highest BCUT2D eigenvalue weighted by atomic mass is 79.9. The zero-order valence-corrected chi connectivity index (χ0v) is 11.2. The Bertz CT molecular complexity index is 464. The first-order valence-electron chi connectivity index (χ1n) is 5.82. The van der Waals surface area contributed by atoms with Gasteiger partial charge >= 0.3 is 0 Å². The molecule has 0 aromatic heterocycles. The van der Waals surface area contributed by atoms with E-state index in [9.17, 15) is 4.79 Å². The number of likely N-dealkylation sites (tertiary alicyclic amines) is 1. The van der Waals surface area contributed by atoms with Crippen molar-refractivity contribution < 1.29 is 9.53 Å². The molecule has 1 saturated heterocycles. The zero-order chi connectivity index (χ0) is 12.0. The van der Waals surface area contributed by atoms with Gasteiger partial charge in [-0.15, -0.1) is 0 Å². The van der Waals surface area contributed by atoms with Crippen molar-refractivity contribution >= 4 is 21.8 Å². The Morgan fingerprint density at radius 1 is 1.41 bits per heavy atom. The van der Waals surface area contributed by atoms with E-state index < -0.39 is 0 Å². The molecule has 1 aliphatic heterocycles. The van der Waals surface area contributed by atoms with Crippen LogP contribution >= 0.6 is 15.9 Å². The summed E-state index contributed by atoms with van der Waals surface area (Å²) in [6, 6.07) is 5.55. The van der Waals surface area contributed by atoms with Gasteiger partial charge in [-0.2, -0.15) is 0 Å². The average Bonchev–Trinajstić information content (AvgIpc) is 2.95. The molecule has 0 N–H and O–H groups in total. The Hall–Kier alpha value is -1.03. The van der Waals surface area contributed by atoms with Gasteiger partial charge in [-0.1, -0.05) is 15.9 Å². The van der Waals surface area contributed by atoms with Crippen LogP contribution in [-0.4, -0.2) is 31.0 Å². The number of carbonyl (C=O) groups excluding carboxylic acids is 1. The number of methoxy groups -OCH3 is 1. The minimum atomic E-state index is 0.0987. The first-order chi connectivity index (χ1) is 8.19. The highest BCUT2D eigenvalue weighted by Gasteiger charge is 2.46. The number of fused-ring (bicyclic) bond motifs is 1. The molecule has 4 heteroatoms. The van der Waals surface area contributed by atoms with E-state index in [0.29, 0.717) is 11.3 Å². The second kappa shape index (κ2) is 4.02. The van der Waals surface area contributed by atoms with Crippen molar-refractivity contribution in [1.29, 1.82) is 0 Å². The fourth-order valence-electron chi connectivity index (χ4n) is 2.58. The molecule has 90 valence electrons. The summed E-state index contributed by atoms with van der Waals surface area (Å²) >= 11 is 3.38. The van der Waals surface area contributed by atoms with Crippen molar-refractivity contribution in [2.75, 3.05) is 20.2 Å². The van der Waals surface area contributed by atoms with Crippen LogP contribution in [0.5, 0.6) is 5.75 Å². The van der Waals surface area contributed by atoms with Gasteiger partial charge in [-0.3, -0.25) is 4.79 Å². The Balaban J connectivity index is 1.85. The Kier molecular flexibility index (Phi) is 2.62. The number of ether oxygens (including phenoxy) is 1. The van der Waals surface area contributed by atoms with E-state index in [1.54, 1.807) is 7.11 Å². The second-order valence-corrected chi connectivity index (χ2v) is 5.73. The monoisotopic (exact) mass is 295 g/mol. The number of piperidine rings is 1. The first-order valence-corrected chi connectivity index (χ1v) is 6.61. The van der Waals surface area contributed by atoms with Crippen LogP contribution in [0.15, 0.2) is 22.7 Å². The van der Waals surface area contributed by atoms with Gasteiger partial charge in [0.05, 0.1) is 12.7 Å². The zero-order valence-electron chi connectivity index (χ0n) is 9.65. The molecular weight excluding hydrogens is 282 g/mol. The van der Waals surface area contributed by atoms with Crippen LogP contribution in [0.2, 0.25) is 0 Å². The van der Waals surface area contributed by atoms with E-state index in [2.05, 4.69) is 15.9 Å². The predicted molar refractivity (Wildman–Crippen MR) is 68.2 cm³/mol. The maximum Gasteiger partial charge on any atom is 0.257 e. The van der Waals surface area contributed by atoms with E-state index >= 15 is 0 Å². The molecule has 1 amide bonds. The number of carbonyl (C=O) groups is 1. The molecular formula is C13H14BrNO2. The molecule has 3 nitrogen and oxygen atoms in total. The number of halogens is 1. The van der Waals surface area contributed by atoms with Gasteiger partial charge in [0.1, 0.15) is 5.75 Å². The van der Waals surface area contributed by atoms with Gasteiger partial charge in [-0.05, 0) is 36.5 Å².